The van der Waals surface area contributed by atoms with Crippen molar-refractivity contribution in [1.82, 2.24) is 0 Å². The Kier molecular flexibility index (Phi) is 23.1. The topological polar surface area (TPSA) is 89.5 Å². The molecular weight excluding hydrogens is 392 g/mol. The Balaban J connectivity index is 3.13. The van der Waals surface area contributed by atoms with E-state index < -0.39 is 0 Å². The number of hydrogen-bond donors (Lipinski definition) is 0. The Bertz CT molecular complexity index is 389. The van der Waals surface area contributed by atoms with Gasteiger partial charge in [-0.2, -0.15) is 0 Å². The number of ether oxygens (including phenoxy) is 6. The number of esters is 2. The molecule has 0 spiro atoms. The zero-order valence-corrected chi connectivity index (χ0v) is 19.0. The van der Waals surface area contributed by atoms with E-state index >= 15 is 0 Å². The first-order valence-electron chi connectivity index (χ1n) is 11.3. The van der Waals surface area contributed by atoms with Crippen molar-refractivity contribution in [1.29, 1.82) is 0 Å². The first-order chi connectivity index (χ1) is 14.7. The van der Waals surface area contributed by atoms with E-state index in [0.717, 1.165) is 12.8 Å². The smallest absolute Gasteiger partial charge is 0.305 e. The zero-order chi connectivity index (χ0) is 22.1. The summed E-state index contributed by atoms with van der Waals surface area (Å²) in [4.78, 5) is 22.1. The molecule has 0 saturated heterocycles. The molecule has 0 saturated carbocycles. The summed E-state index contributed by atoms with van der Waals surface area (Å²) in [7, 11) is 0. The summed E-state index contributed by atoms with van der Waals surface area (Å²) < 4.78 is 31.2. The van der Waals surface area contributed by atoms with Crippen LogP contribution in [0.5, 0.6) is 0 Å². The van der Waals surface area contributed by atoms with Gasteiger partial charge in [0.15, 0.2) is 0 Å². The Morgan fingerprint density at radius 1 is 0.533 bits per heavy atom. The Labute approximate surface area is 181 Å². The highest BCUT2D eigenvalue weighted by Crippen LogP contribution is 2.08. The summed E-state index contributed by atoms with van der Waals surface area (Å²) in [6.07, 6.45) is 8.82. The molecule has 0 aromatic heterocycles. The van der Waals surface area contributed by atoms with Crippen LogP contribution in [-0.4, -0.2) is 78.0 Å². The highest BCUT2D eigenvalue weighted by Gasteiger charge is 2.02. The molecule has 0 radical (unpaired) electrons. The first kappa shape index (κ1) is 28.8. The average molecular weight is 435 g/mol. The molecule has 0 aliphatic heterocycles. The summed E-state index contributed by atoms with van der Waals surface area (Å²) in [5, 5.41) is 0. The number of carbonyl (C=O) groups is 2. The molecule has 30 heavy (non-hydrogen) atoms. The quantitative estimate of drug-likeness (QED) is 0.179. The van der Waals surface area contributed by atoms with Crippen LogP contribution >= 0.6 is 0 Å². The van der Waals surface area contributed by atoms with Crippen LogP contribution in [-0.2, 0) is 38.0 Å². The molecule has 0 atom stereocenters. The van der Waals surface area contributed by atoms with Crippen molar-refractivity contribution in [3.63, 3.8) is 0 Å². The number of rotatable bonds is 23. The van der Waals surface area contributed by atoms with Crippen molar-refractivity contribution in [2.24, 2.45) is 0 Å². The lowest BCUT2D eigenvalue weighted by Crippen LogP contribution is -2.15. The maximum atomic E-state index is 11.6. The van der Waals surface area contributed by atoms with Crippen molar-refractivity contribution in [2.75, 3.05) is 66.1 Å². The second kappa shape index (κ2) is 24.1. The minimum Gasteiger partial charge on any atom is -0.463 e. The van der Waals surface area contributed by atoms with Gasteiger partial charge < -0.3 is 28.4 Å². The number of carbonyl (C=O) groups excluding carboxylic acids is 2. The summed E-state index contributed by atoms with van der Waals surface area (Å²) in [5.41, 5.74) is 0. The van der Waals surface area contributed by atoms with Gasteiger partial charge in [-0.1, -0.05) is 45.4 Å². The number of unbranched alkanes of at least 4 members (excludes halogenated alkanes) is 6. The highest BCUT2D eigenvalue weighted by atomic mass is 16.6. The largest absolute Gasteiger partial charge is 0.463 e. The van der Waals surface area contributed by atoms with Gasteiger partial charge in [0, 0.05) is 13.3 Å². The van der Waals surface area contributed by atoms with Gasteiger partial charge in [-0.3, -0.25) is 9.59 Å². The molecule has 0 unspecified atom stereocenters. The molecule has 0 aliphatic carbocycles. The van der Waals surface area contributed by atoms with Crippen LogP contribution in [0.3, 0.4) is 0 Å². The van der Waals surface area contributed by atoms with Gasteiger partial charge in [0.05, 0.1) is 52.9 Å². The van der Waals surface area contributed by atoms with E-state index in [1.54, 1.807) is 0 Å². The van der Waals surface area contributed by atoms with Crippen LogP contribution in [0.1, 0.15) is 65.2 Å². The standard InChI is InChI=1S/C22H42O8/c1-3-4-5-6-7-8-9-10-22(24)30-20-18-28-16-14-26-12-11-25-13-15-27-17-19-29-21(2)23/h3-20H2,1-2H3. The maximum Gasteiger partial charge on any atom is 0.305 e. The van der Waals surface area contributed by atoms with Crippen LogP contribution in [0.4, 0.5) is 0 Å². The fourth-order valence-corrected chi connectivity index (χ4v) is 2.52. The van der Waals surface area contributed by atoms with Gasteiger partial charge in [-0.15, -0.1) is 0 Å². The molecule has 0 bridgehead atoms. The van der Waals surface area contributed by atoms with Crippen molar-refractivity contribution in [3.8, 4) is 0 Å². The van der Waals surface area contributed by atoms with E-state index in [1.165, 1.54) is 39.0 Å². The molecule has 178 valence electrons. The second-order valence-electron chi connectivity index (χ2n) is 6.88. The molecule has 0 N–H and O–H groups in total. The minimum absolute atomic E-state index is 0.143. The molecule has 8 nitrogen and oxygen atoms in total. The normalized spacial score (nSPS) is 10.9. The monoisotopic (exact) mass is 434 g/mol. The fourth-order valence-electron chi connectivity index (χ4n) is 2.52. The van der Waals surface area contributed by atoms with Crippen LogP contribution < -0.4 is 0 Å². The molecule has 0 fully saturated rings. The molecule has 8 heteroatoms. The molecule has 0 aliphatic rings. The third kappa shape index (κ3) is 24.8. The van der Waals surface area contributed by atoms with Crippen LogP contribution in [0.25, 0.3) is 0 Å². The van der Waals surface area contributed by atoms with Gasteiger partial charge in [-0.25, -0.2) is 0 Å². The Morgan fingerprint density at radius 2 is 0.933 bits per heavy atom. The van der Waals surface area contributed by atoms with Gasteiger partial charge >= 0.3 is 11.9 Å². The van der Waals surface area contributed by atoms with Crippen LogP contribution in [0.2, 0.25) is 0 Å². The second-order valence-corrected chi connectivity index (χ2v) is 6.88. The van der Waals surface area contributed by atoms with E-state index in [1.807, 2.05) is 0 Å². The predicted molar refractivity (Wildman–Crippen MR) is 113 cm³/mol. The molecule has 0 rings (SSSR count). The SMILES string of the molecule is CCCCCCCCCC(=O)OCCOCCOCCOCCOCCOC(C)=O. The van der Waals surface area contributed by atoms with E-state index in [9.17, 15) is 9.59 Å². The van der Waals surface area contributed by atoms with Gasteiger partial charge in [0.2, 0.25) is 0 Å². The van der Waals surface area contributed by atoms with E-state index in [4.69, 9.17) is 28.4 Å². The lowest BCUT2D eigenvalue weighted by Gasteiger charge is -2.08. The third-order valence-corrected chi connectivity index (χ3v) is 4.12. The minimum atomic E-state index is -0.309. The van der Waals surface area contributed by atoms with E-state index in [2.05, 4.69) is 6.92 Å². The summed E-state index contributed by atoms with van der Waals surface area (Å²) in [6.45, 7) is 7.65. The van der Waals surface area contributed by atoms with Crippen LogP contribution in [0, 0.1) is 0 Å². The van der Waals surface area contributed by atoms with Crippen molar-refractivity contribution in [2.45, 2.75) is 65.2 Å². The van der Waals surface area contributed by atoms with Gasteiger partial charge in [0.1, 0.15) is 13.2 Å². The molecular formula is C22H42O8. The molecule has 0 aromatic rings. The highest BCUT2D eigenvalue weighted by molar-refractivity contribution is 5.69. The van der Waals surface area contributed by atoms with Crippen molar-refractivity contribution < 1.29 is 38.0 Å². The van der Waals surface area contributed by atoms with Crippen molar-refractivity contribution in [3.05, 3.63) is 0 Å². The zero-order valence-electron chi connectivity index (χ0n) is 19.0. The predicted octanol–water partition coefficient (Wildman–Crippen LogP) is 3.30. The maximum absolute atomic E-state index is 11.6. The average Bonchev–Trinajstić information content (AvgIpc) is 2.72. The Morgan fingerprint density at radius 3 is 1.40 bits per heavy atom. The summed E-state index contributed by atoms with van der Waals surface area (Å²) in [6, 6.07) is 0. The van der Waals surface area contributed by atoms with E-state index in [-0.39, 0.29) is 25.2 Å². The van der Waals surface area contributed by atoms with E-state index in [0.29, 0.717) is 59.3 Å². The molecule has 0 amide bonds. The molecule has 0 heterocycles. The number of hydrogen-bond acceptors (Lipinski definition) is 8. The lowest BCUT2D eigenvalue weighted by molar-refractivity contribution is -0.145. The van der Waals surface area contributed by atoms with Gasteiger partial charge in [-0.05, 0) is 6.42 Å². The molecule has 0 aromatic carbocycles. The fraction of sp³-hybridized carbons (Fsp3) is 0.909. The first-order valence-corrected chi connectivity index (χ1v) is 11.3. The summed E-state index contributed by atoms with van der Waals surface area (Å²) in [5.74, 6) is -0.452. The Hall–Kier alpha value is -1.22. The van der Waals surface area contributed by atoms with Crippen molar-refractivity contribution >= 4 is 11.9 Å². The summed E-state index contributed by atoms with van der Waals surface area (Å²) >= 11 is 0. The van der Waals surface area contributed by atoms with Crippen LogP contribution in [0.15, 0.2) is 0 Å². The lowest BCUT2D eigenvalue weighted by atomic mass is 10.1. The van der Waals surface area contributed by atoms with Gasteiger partial charge in [0.25, 0.3) is 0 Å². The third-order valence-electron chi connectivity index (χ3n) is 4.12.